The van der Waals surface area contributed by atoms with E-state index in [4.69, 9.17) is 21.7 Å². The molecule has 0 bridgehead atoms. The van der Waals surface area contributed by atoms with E-state index in [2.05, 4.69) is 34.9 Å². The summed E-state index contributed by atoms with van der Waals surface area (Å²) < 4.78 is 10.6. The first-order chi connectivity index (χ1) is 11.7. The van der Waals surface area contributed by atoms with Gasteiger partial charge in [-0.15, -0.1) is 0 Å². The Hall–Kier alpha value is -2.27. The molecule has 4 nitrogen and oxygen atoms in total. The molecule has 0 spiro atoms. The van der Waals surface area contributed by atoms with Crippen LogP contribution in [-0.4, -0.2) is 32.4 Å². The average Bonchev–Trinajstić information content (AvgIpc) is 2.62. The van der Waals surface area contributed by atoms with Crippen molar-refractivity contribution in [3.8, 4) is 11.5 Å². The summed E-state index contributed by atoms with van der Waals surface area (Å²) in [4.78, 5) is 0. The molecule has 2 rings (SSSR count). The summed E-state index contributed by atoms with van der Waals surface area (Å²) in [6.07, 6.45) is 1.82. The summed E-state index contributed by atoms with van der Waals surface area (Å²) >= 11 is 5.31. The SMILES string of the molecule is COc1ccc(CCNC(=S)NCCc2ccccc2)cc1OC. The van der Waals surface area contributed by atoms with Gasteiger partial charge in [-0.1, -0.05) is 36.4 Å². The molecule has 0 radical (unpaired) electrons. The zero-order valence-corrected chi connectivity index (χ0v) is 15.0. The molecule has 0 amide bonds. The monoisotopic (exact) mass is 344 g/mol. The first-order valence-electron chi connectivity index (χ1n) is 7.99. The lowest BCUT2D eigenvalue weighted by Gasteiger charge is -2.12. The molecule has 2 aromatic rings. The zero-order chi connectivity index (χ0) is 17.2. The van der Waals surface area contributed by atoms with Crippen molar-refractivity contribution in [2.24, 2.45) is 0 Å². The van der Waals surface area contributed by atoms with Gasteiger partial charge in [-0.2, -0.15) is 0 Å². The number of benzene rings is 2. The van der Waals surface area contributed by atoms with Crippen LogP contribution in [0.15, 0.2) is 48.5 Å². The Kier molecular flexibility index (Phi) is 7.36. The van der Waals surface area contributed by atoms with Crippen LogP contribution in [0.25, 0.3) is 0 Å². The Bertz CT molecular complexity index is 647. The highest BCUT2D eigenvalue weighted by atomic mass is 32.1. The third kappa shape index (κ3) is 5.74. The minimum atomic E-state index is 0.686. The molecule has 24 heavy (non-hydrogen) atoms. The van der Waals surface area contributed by atoms with Crippen LogP contribution in [0.1, 0.15) is 11.1 Å². The predicted octanol–water partition coefficient (Wildman–Crippen LogP) is 2.95. The molecule has 0 heterocycles. The van der Waals surface area contributed by atoms with Gasteiger partial charge in [0.2, 0.25) is 0 Å². The third-order valence-electron chi connectivity index (χ3n) is 3.69. The van der Waals surface area contributed by atoms with Crippen molar-refractivity contribution in [3.63, 3.8) is 0 Å². The van der Waals surface area contributed by atoms with E-state index in [0.29, 0.717) is 5.11 Å². The Morgan fingerprint density at radius 2 is 1.46 bits per heavy atom. The molecule has 0 saturated carbocycles. The highest BCUT2D eigenvalue weighted by Crippen LogP contribution is 2.27. The van der Waals surface area contributed by atoms with Crippen LogP contribution in [-0.2, 0) is 12.8 Å². The molecule has 2 aromatic carbocycles. The second-order valence-electron chi connectivity index (χ2n) is 5.36. The minimum Gasteiger partial charge on any atom is -0.493 e. The maximum atomic E-state index is 5.32. The van der Waals surface area contributed by atoms with E-state index in [1.54, 1.807) is 14.2 Å². The van der Waals surface area contributed by atoms with Crippen molar-refractivity contribution in [1.82, 2.24) is 10.6 Å². The summed E-state index contributed by atoms with van der Waals surface area (Å²) in [6, 6.07) is 16.3. The number of ether oxygens (including phenoxy) is 2. The molecule has 5 heteroatoms. The molecular formula is C19H24N2O2S. The molecule has 0 aromatic heterocycles. The predicted molar refractivity (Wildman–Crippen MR) is 102 cm³/mol. The van der Waals surface area contributed by atoms with Crippen molar-refractivity contribution in [1.29, 1.82) is 0 Å². The third-order valence-corrected chi connectivity index (χ3v) is 3.98. The normalized spacial score (nSPS) is 10.1. The van der Waals surface area contributed by atoms with Crippen LogP contribution in [0, 0.1) is 0 Å². The summed E-state index contributed by atoms with van der Waals surface area (Å²) in [6.45, 7) is 1.60. The Labute approximate surface area is 149 Å². The van der Waals surface area contributed by atoms with E-state index in [0.717, 1.165) is 37.4 Å². The summed E-state index contributed by atoms with van der Waals surface area (Å²) in [5.74, 6) is 1.49. The second-order valence-corrected chi connectivity index (χ2v) is 5.77. The number of methoxy groups -OCH3 is 2. The second kappa shape index (κ2) is 9.78. The highest BCUT2D eigenvalue weighted by Gasteiger charge is 2.04. The van der Waals surface area contributed by atoms with Gasteiger partial charge in [-0.3, -0.25) is 0 Å². The van der Waals surface area contributed by atoms with Gasteiger partial charge in [0, 0.05) is 13.1 Å². The van der Waals surface area contributed by atoms with Gasteiger partial charge in [-0.05, 0) is 48.3 Å². The van der Waals surface area contributed by atoms with Gasteiger partial charge >= 0.3 is 0 Å². The van der Waals surface area contributed by atoms with Gasteiger partial charge in [-0.25, -0.2) is 0 Å². The van der Waals surface area contributed by atoms with Crippen LogP contribution in [0.4, 0.5) is 0 Å². The number of thiocarbonyl (C=S) groups is 1. The maximum Gasteiger partial charge on any atom is 0.166 e. The van der Waals surface area contributed by atoms with E-state index in [-0.39, 0.29) is 0 Å². The highest BCUT2D eigenvalue weighted by molar-refractivity contribution is 7.80. The van der Waals surface area contributed by atoms with Crippen LogP contribution in [0.2, 0.25) is 0 Å². The van der Waals surface area contributed by atoms with Gasteiger partial charge in [0.15, 0.2) is 16.6 Å². The van der Waals surface area contributed by atoms with Crippen molar-refractivity contribution >= 4 is 17.3 Å². The Morgan fingerprint density at radius 1 is 0.833 bits per heavy atom. The fourth-order valence-corrected chi connectivity index (χ4v) is 2.59. The largest absolute Gasteiger partial charge is 0.493 e. The number of rotatable bonds is 8. The molecule has 0 saturated heterocycles. The molecule has 2 N–H and O–H groups in total. The molecule has 0 unspecified atom stereocenters. The van der Waals surface area contributed by atoms with Gasteiger partial charge in [0.05, 0.1) is 14.2 Å². The van der Waals surface area contributed by atoms with E-state index in [1.807, 2.05) is 24.3 Å². The lowest BCUT2D eigenvalue weighted by Crippen LogP contribution is -2.37. The number of nitrogens with one attached hydrogen (secondary N) is 2. The van der Waals surface area contributed by atoms with Gasteiger partial charge in [0.25, 0.3) is 0 Å². The summed E-state index contributed by atoms with van der Waals surface area (Å²) in [7, 11) is 3.28. The van der Waals surface area contributed by atoms with Gasteiger partial charge in [0.1, 0.15) is 0 Å². The number of hydrogen-bond acceptors (Lipinski definition) is 3. The molecule has 0 aliphatic heterocycles. The molecule has 0 aliphatic rings. The van der Waals surface area contributed by atoms with Crippen molar-refractivity contribution in [2.45, 2.75) is 12.8 Å². The first-order valence-corrected chi connectivity index (χ1v) is 8.40. The summed E-state index contributed by atoms with van der Waals surface area (Å²) in [5, 5.41) is 7.15. The van der Waals surface area contributed by atoms with Crippen LogP contribution in [0.3, 0.4) is 0 Å². The maximum absolute atomic E-state index is 5.32. The van der Waals surface area contributed by atoms with Crippen LogP contribution < -0.4 is 20.1 Å². The quantitative estimate of drug-likeness (QED) is 0.721. The lowest BCUT2D eigenvalue weighted by atomic mass is 10.1. The lowest BCUT2D eigenvalue weighted by molar-refractivity contribution is 0.354. The van der Waals surface area contributed by atoms with Crippen LogP contribution >= 0.6 is 12.2 Å². The van der Waals surface area contributed by atoms with E-state index in [1.165, 1.54) is 11.1 Å². The van der Waals surface area contributed by atoms with E-state index >= 15 is 0 Å². The van der Waals surface area contributed by atoms with E-state index in [9.17, 15) is 0 Å². The first kappa shape index (κ1) is 18.1. The minimum absolute atomic E-state index is 0.686. The molecule has 0 aliphatic carbocycles. The Morgan fingerprint density at radius 3 is 2.08 bits per heavy atom. The number of hydrogen-bond donors (Lipinski definition) is 2. The van der Waals surface area contributed by atoms with Crippen LogP contribution in [0.5, 0.6) is 11.5 Å². The standard InChI is InChI=1S/C19H24N2O2S/c1-22-17-9-8-16(14-18(17)23-2)11-13-21-19(24)20-12-10-15-6-4-3-5-7-15/h3-9,14H,10-13H2,1-2H3,(H2,20,21,24). The van der Waals surface area contributed by atoms with Crippen molar-refractivity contribution in [2.75, 3.05) is 27.3 Å². The molecule has 128 valence electrons. The topological polar surface area (TPSA) is 42.5 Å². The zero-order valence-electron chi connectivity index (χ0n) is 14.2. The van der Waals surface area contributed by atoms with Gasteiger partial charge < -0.3 is 20.1 Å². The van der Waals surface area contributed by atoms with Crippen molar-refractivity contribution in [3.05, 3.63) is 59.7 Å². The summed E-state index contributed by atoms with van der Waals surface area (Å²) in [5.41, 5.74) is 2.48. The molecule has 0 fully saturated rings. The van der Waals surface area contributed by atoms with Crippen molar-refractivity contribution < 1.29 is 9.47 Å². The molecular weight excluding hydrogens is 320 g/mol. The van der Waals surface area contributed by atoms with E-state index < -0.39 is 0 Å². The smallest absolute Gasteiger partial charge is 0.166 e. The Balaban J connectivity index is 1.69. The fourth-order valence-electron chi connectivity index (χ4n) is 2.38. The fraction of sp³-hybridized carbons (Fsp3) is 0.316. The average molecular weight is 344 g/mol. The molecule has 0 atom stereocenters.